The second-order valence-corrected chi connectivity index (χ2v) is 6.03. The predicted octanol–water partition coefficient (Wildman–Crippen LogP) is 5.05. The van der Waals surface area contributed by atoms with E-state index in [1.54, 1.807) is 19.1 Å². The summed E-state index contributed by atoms with van der Waals surface area (Å²) in [5.41, 5.74) is 0.800. The molecule has 4 nitrogen and oxygen atoms in total. The van der Waals surface area contributed by atoms with Crippen molar-refractivity contribution in [1.82, 2.24) is 0 Å². The normalized spacial score (nSPS) is 11.4. The van der Waals surface area contributed by atoms with Crippen molar-refractivity contribution >= 4 is 5.97 Å². The average Bonchev–Trinajstić information content (AvgIpc) is 2.68. The minimum absolute atomic E-state index is 0.0327. The van der Waals surface area contributed by atoms with Crippen molar-refractivity contribution in [3.05, 3.63) is 59.7 Å². The number of hydrogen-bond donors (Lipinski definition) is 1. The fraction of sp³-hybridized carbons (Fsp3) is 0.318. The van der Waals surface area contributed by atoms with Gasteiger partial charge < -0.3 is 14.6 Å². The Morgan fingerprint density at radius 1 is 0.964 bits per heavy atom. The monoisotopic (exact) mass is 388 g/mol. The fourth-order valence-corrected chi connectivity index (χ4v) is 2.55. The number of ether oxygens (including phenoxy) is 2. The minimum atomic E-state index is -2.48. The quantitative estimate of drug-likeness (QED) is 0.457. The first kappa shape index (κ1) is 21.2. The van der Waals surface area contributed by atoms with Crippen molar-refractivity contribution in [3.63, 3.8) is 0 Å². The molecule has 0 aliphatic rings. The molecule has 0 heterocycles. The van der Waals surface area contributed by atoms with Gasteiger partial charge in [0.2, 0.25) is 0 Å². The molecule has 0 radical (unpaired) electrons. The highest BCUT2D eigenvalue weighted by atomic mass is 19.3. The van der Waals surface area contributed by atoms with Gasteiger partial charge in [0, 0.05) is 12.0 Å². The molecule has 1 N–H and O–H groups in total. The van der Waals surface area contributed by atoms with Gasteiger partial charge in [-0.15, -0.1) is 5.92 Å². The topological polar surface area (TPSA) is 55.8 Å². The van der Waals surface area contributed by atoms with Gasteiger partial charge in [-0.25, -0.2) is 8.78 Å². The van der Waals surface area contributed by atoms with Gasteiger partial charge in [-0.3, -0.25) is 4.79 Å². The van der Waals surface area contributed by atoms with Gasteiger partial charge >= 0.3 is 5.97 Å². The Morgan fingerprint density at radius 2 is 1.46 bits per heavy atom. The summed E-state index contributed by atoms with van der Waals surface area (Å²) in [7, 11) is 0. The molecule has 2 aromatic carbocycles. The van der Waals surface area contributed by atoms with E-state index >= 15 is 0 Å². The Kier molecular flexibility index (Phi) is 8.29. The van der Waals surface area contributed by atoms with Crippen molar-refractivity contribution in [2.45, 2.75) is 32.1 Å². The second-order valence-electron chi connectivity index (χ2n) is 6.03. The summed E-state index contributed by atoms with van der Waals surface area (Å²) in [6.07, 6.45) is -1.90. The molecule has 0 saturated carbocycles. The summed E-state index contributed by atoms with van der Waals surface area (Å²) in [5, 5.41) is 8.98. The molecule has 28 heavy (non-hydrogen) atoms. The molecule has 2 aromatic rings. The molecule has 0 aromatic heterocycles. The van der Waals surface area contributed by atoms with E-state index < -0.39 is 12.4 Å². The zero-order chi connectivity index (χ0) is 20.4. The lowest BCUT2D eigenvalue weighted by molar-refractivity contribution is -0.137. The van der Waals surface area contributed by atoms with Gasteiger partial charge in [-0.2, -0.15) is 0 Å². The van der Waals surface area contributed by atoms with E-state index in [2.05, 4.69) is 11.8 Å². The fourth-order valence-electron chi connectivity index (χ4n) is 2.55. The Morgan fingerprint density at radius 3 is 1.89 bits per heavy atom. The lowest BCUT2D eigenvalue weighted by Crippen LogP contribution is -2.06. The number of alkyl halides is 2. The lowest BCUT2D eigenvalue weighted by atomic mass is 9.96. The minimum Gasteiger partial charge on any atom is -0.493 e. The number of hydrogen-bond acceptors (Lipinski definition) is 3. The summed E-state index contributed by atoms with van der Waals surface area (Å²) < 4.78 is 36.1. The molecule has 2 rings (SSSR count). The number of aliphatic carboxylic acids is 1. The van der Waals surface area contributed by atoms with Crippen LogP contribution in [0, 0.1) is 11.8 Å². The molecule has 0 bridgehead atoms. The van der Waals surface area contributed by atoms with Crippen molar-refractivity contribution in [1.29, 1.82) is 0 Å². The molecule has 6 heteroatoms. The number of carboxylic acid groups (broad SMARTS) is 1. The Balaban J connectivity index is 1.75. The molecule has 148 valence electrons. The second kappa shape index (κ2) is 10.9. The van der Waals surface area contributed by atoms with E-state index in [0.717, 1.165) is 5.56 Å². The zero-order valence-corrected chi connectivity index (χ0v) is 15.5. The lowest BCUT2D eigenvalue weighted by Gasteiger charge is -2.11. The first-order valence-corrected chi connectivity index (χ1v) is 8.87. The summed E-state index contributed by atoms with van der Waals surface area (Å²) in [5.74, 6) is 5.64. The highest BCUT2D eigenvalue weighted by molar-refractivity contribution is 5.69. The van der Waals surface area contributed by atoms with Gasteiger partial charge in [0.1, 0.15) is 11.5 Å². The van der Waals surface area contributed by atoms with Crippen LogP contribution in [-0.4, -0.2) is 24.3 Å². The van der Waals surface area contributed by atoms with Crippen molar-refractivity contribution < 1.29 is 28.2 Å². The maximum atomic E-state index is 12.5. The molecule has 0 spiro atoms. The van der Waals surface area contributed by atoms with Crippen LogP contribution in [0.25, 0.3) is 0 Å². The third-order valence-electron chi connectivity index (χ3n) is 3.94. The molecule has 0 aliphatic heterocycles. The summed E-state index contributed by atoms with van der Waals surface area (Å²) >= 11 is 0. The molecule has 0 saturated heterocycles. The van der Waals surface area contributed by atoms with Crippen molar-refractivity contribution in [3.8, 4) is 23.3 Å². The predicted molar refractivity (Wildman–Crippen MR) is 102 cm³/mol. The smallest absolute Gasteiger partial charge is 0.304 e. The van der Waals surface area contributed by atoms with Gasteiger partial charge in [0.05, 0.1) is 25.6 Å². The van der Waals surface area contributed by atoms with E-state index in [1.165, 1.54) is 24.3 Å². The van der Waals surface area contributed by atoms with E-state index in [-0.39, 0.29) is 17.9 Å². The molecule has 0 fully saturated rings. The van der Waals surface area contributed by atoms with Crippen LogP contribution in [0.1, 0.15) is 43.2 Å². The van der Waals surface area contributed by atoms with Crippen LogP contribution < -0.4 is 9.47 Å². The van der Waals surface area contributed by atoms with Gasteiger partial charge in [-0.05, 0) is 48.9 Å². The molecule has 0 aliphatic carbocycles. The maximum absolute atomic E-state index is 12.5. The number of carboxylic acids is 1. The zero-order valence-electron chi connectivity index (χ0n) is 15.5. The van der Waals surface area contributed by atoms with Crippen molar-refractivity contribution in [2.75, 3.05) is 13.2 Å². The highest BCUT2D eigenvalue weighted by Gasteiger charge is 2.13. The first-order valence-electron chi connectivity index (χ1n) is 8.87. The Bertz CT molecular complexity index is 805. The van der Waals surface area contributed by atoms with E-state index in [1.807, 2.05) is 12.1 Å². The van der Waals surface area contributed by atoms with Crippen molar-refractivity contribution in [2.24, 2.45) is 0 Å². The van der Waals surface area contributed by atoms with E-state index in [0.29, 0.717) is 31.1 Å². The maximum Gasteiger partial charge on any atom is 0.304 e. The Labute approximate surface area is 163 Å². The van der Waals surface area contributed by atoms with Gasteiger partial charge in [-0.1, -0.05) is 18.1 Å². The highest BCUT2D eigenvalue weighted by Crippen LogP contribution is 2.23. The van der Waals surface area contributed by atoms with Crippen LogP contribution in [0.5, 0.6) is 11.5 Å². The Hall–Kier alpha value is -3.07. The number of benzene rings is 2. The summed E-state index contributed by atoms with van der Waals surface area (Å²) in [6, 6.07) is 12.9. The van der Waals surface area contributed by atoms with Crippen LogP contribution in [0.2, 0.25) is 0 Å². The van der Waals surface area contributed by atoms with Gasteiger partial charge in [0.15, 0.2) is 0 Å². The molecular weight excluding hydrogens is 366 g/mol. The largest absolute Gasteiger partial charge is 0.493 e. The number of carbonyl (C=O) groups is 1. The first-order chi connectivity index (χ1) is 13.5. The van der Waals surface area contributed by atoms with Crippen LogP contribution in [0.15, 0.2) is 48.5 Å². The van der Waals surface area contributed by atoms with Crippen LogP contribution in [0.4, 0.5) is 8.78 Å². The van der Waals surface area contributed by atoms with Crippen LogP contribution >= 0.6 is 0 Å². The third-order valence-corrected chi connectivity index (χ3v) is 3.94. The molecule has 1 atom stereocenters. The molecule has 1 unspecified atom stereocenters. The van der Waals surface area contributed by atoms with Crippen LogP contribution in [-0.2, 0) is 4.79 Å². The van der Waals surface area contributed by atoms with Gasteiger partial charge in [0.25, 0.3) is 6.43 Å². The number of halogens is 2. The average molecular weight is 388 g/mol. The molecular formula is C22H22F2O4. The standard InChI is InChI=1S/C22H22F2O4/c1-2-4-18(15-21(25)26)16-5-9-19(10-6-16)27-13-3-14-28-20-11-7-17(8-12-20)22(23)24/h5-12,18,22H,3,13-15H2,1H3,(H,25,26). The van der Waals surface area contributed by atoms with E-state index in [4.69, 9.17) is 14.6 Å². The van der Waals surface area contributed by atoms with E-state index in [9.17, 15) is 13.6 Å². The van der Waals surface area contributed by atoms with Crippen LogP contribution in [0.3, 0.4) is 0 Å². The molecule has 0 amide bonds. The third kappa shape index (κ3) is 6.92. The summed E-state index contributed by atoms with van der Waals surface area (Å²) in [4.78, 5) is 10.9. The SMILES string of the molecule is CC#CC(CC(=O)O)c1ccc(OCCCOc2ccc(C(F)F)cc2)cc1. The number of rotatable bonds is 10. The summed E-state index contributed by atoms with van der Waals surface area (Å²) in [6.45, 7) is 2.52.